The Morgan fingerprint density at radius 1 is 1.37 bits per heavy atom. The molecule has 0 radical (unpaired) electrons. The van der Waals surface area contributed by atoms with Crippen LogP contribution in [0.4, 0.5) is 5.82 Å². The van der Waals surface area contributed by atoms with Gasteiger partial charge in [0.25, 0.3) is 5.91 Å². The van der Waals surface area contributed by atoms with E-state index in [4.69, 9.17) is 5.73 Å². The SMILES string of the molecule is Cc1c[nH]c2ncnc(N3C=C(C(=O)N4CCCC[C@H]4CN)SCC3)c12.Cl. The zero-order valence-electron chi connectivity index (χ0n) is 15.4. The molecule has 0 spiro atoms. The van der Waals surface area contributed by atoms with E-state index in [-0.39, 0.29) is 24.4 Å². The molecule has 1 fully saturated rings. The van der Waals surface area contributed by atoms with E-state index in [2.05, 4.69) is 19.9 Å². The van der Waals surface area contributed by atoms with Gasteiger partial charge in [0.15, 0.2) is 0 Å². The van der Waals surface area contributed by atoms with E-state index in [1.54, 1.807) is 18.1 Å². The number of nitrogens with zero attached hydrogens (tertiary/aromatic N) is 4. The summed E-state index contributed by atoms with van der Waals surface area (Å²) in [5, 5.41) is 1.01. The number of nitrogens with one attached hydrogen (secondary N) is 1. The minimum Gasteiger partial charge on any atom is -0.346 e. The molecule has 4 rings (SSSR count). The van der Waals surface area contributed by atoms with Crippen LogP contribution in [0.15, 0.2) is 23.6 Å². The molecule has 1 atom stereocenters. The zero-order chi connectivity index (χ0) is 18.1. The van der Waals surface area contributed by atoms with E-state index >= 15 is 0 Å². The number of piperidine rings is 1. The number of aromatic nitrogens is 3. The third kappa shape index (κ3) is 3.79. The van der Waals surface area contributed by atoms with Crippen molar-refractivity contribution in [1.29, 1.82) is 0 Å². The summed E-state index contributed by atoms with van der Waals surface area (Å²) in [6, 6.07) is 0.158. The summed E-state index contributed by atoms with van der Waals surface area (Å²) in [4.78, 5) is 29.9. The fourth-order valence-electron chi connectivity index (χ4n) is 3.75. The second-order valence-corrected chi connectivity index (χ2v) is 7.95. The van der Waals surface area contributed by atoms with Gasteiger partial charge in [0.1, 0.15) is 17.8 Å². The van der Waals surface area contributed by atoms with Crippen LogP contribution in [0, 0.1) is 6.92 Å². The summed E-state index contributed by atoms with van der Waals surface area (Å²) in [5.74, 6) is 1.81. The maximum Gasteiger partial charge on any atom is 0.262 e. The molecule has 0 unspecified atom stereocenters. The molecule has 27 heavy (non-hydrogen) atoms. The molecular formula is C18H25ClN6OS. The van der Waals surface area contributed by atoms with Crippen molar-refractivity contribution in [2.75, 3.05) is 30.3 Å². The summed E-state index contributed by atoms with van der Waals surface area (Å²) >= 11 is 1.62. The fourth-order valence-corrected chi connectivity index (χ4v) is 4.70. The lowest BCUT2D eigenvalue weighted by molar-refractivity contribution is -0.129. The Bertz CT molecular complexity index is 853. The molecule has 0 saturated carbocycles. The van der Waals surface area contributed by atoms with Crippen LogP contribution < -0.4 is 10.6 Å². The van der Waals surface area contributed by atoms with Gasteiger partial charge in [-0.15, -0.1) is 24.2 Å². The third-order valence-electron chi connectivity index (χ3n) is 5.15. The number of rotatable bonds is 3. The van der Waals surface area contributed by atoms with Gasteiger partial charge in [-0.05, 0) is 31.7 Å². The quantitative estimate of drug-likeness (QED) is 0.810. The van der Waals surface area contributed by atoms with Crippen molar-refractivity contribution in [3.8, 4) is 0 Å². The maximum atomic E-state index is 13.1. The summed E-state index contributed by atoms with van der Waals surface area (Å²) in [6.07, 6.45) is 8.66. The summed E-state index contributed by atoms with van der Waals surface area (Å²) in [5.41, 5.74) is 7.83. The topological polar surface area (TPSA) is 91.1 Å². The lowest BCUT2D eigenvalue weighted by atomic mass is 10.0. The molecule has 9 heteroatoms. The van der Waals surface area contributed by atoms with Gasteiger partial charge in [0.05, 0.1) is 10.3 Å². The number of carbonyl (C=O) groups excluding carboxylic acids is 1. The monoisotopic (exact) mass is 408 g/mol. The number of halogens is 1. The first-order valence-corrected chi connectivity index (χ1v) is 10.1. The van der Waals surface area contributed by atoms with Crippen LogP contribution >= 0.6 is 24.2 Å². The molecule has 0 bridgehead atoms. The minimum absolute atomic E-state index is 0. The first-order chi connectivity index (χ1) is 12.7. The molecule has 0 aliphatic carbocycles. The number of amides is 1. The number of carbonyl (C=O) groups is 1. The van der Waals surface area contributed by atoms with Crippen molar-refractivity contribution in [2.45, 2.75) is 32.2 Å². The van der Waals surface area contributed by atoms with Gasteiger partial charge in [0, 0.05) is 43.8 Å². The van der Waals surface area contributed by atoms with Gasteiger partial charge < -0.3 is 20.5 Å². The second kappa shape index (κ2) is 8.50. The van der Waals surface area contributed by atoms with Crippen LogP contribution in [-0.4, -0.2) is 57.2 Å². The van der Waals surface area contributed by atoms with E-state index in [1.807, 2.05) is 24.2 Å². The average molecular weight is 409 g/mol. The van der Waals surface area contributed by atoms with Crippen LogP contribution in [-0.2, 0) is 4.79 Å². The van der Waals surface area contributed by atoms with Gasteiger partial charge in [-0.1, -0.05) is 0 Å². The van der Waals surface area contributed by atoms with Crippen molar-refractivity contribution in [1.82, 2.24) is 19.9 Å². The number of hydrogen-bond donors (Lipinski definition) is 2. The summed E-state index contributed by atoms with van der Waals surface area (Å²) < 4.78 is 0. The molecule has 1 saturated heterocycles. The van der Waals surface area contributed by atoms with Gasteiger partial charge in [-0.25, -0.2) is 9.97 Å². The molecule has 3 N–H and O–H groups in total. The number of H-pyrrole nitrogens is 1. The zero-order valence-corrected chi connectivity index (χ0v) is 17.0. The van der Waals surface area contributed by atoms with Crippen LogP contribution in [0.1, 0.15) is 24.8 Å². The van der Waals surface area contributed by atoms with E-state index in [1.165, 1.54) is 0 Å². The average Bonchev–Trinajstić information content (AvgIpc) is 3.08. The smallest absolute Gasteiger partial charge is 0.262 e. The largest absolute Gasteiger partial charge is 0.346 e. The number of hydrogen-bond acceptors (Lipinski definition) is 6. The normalized spacial score (nSPS) is 20.4. The van der Waals surface area contributed by atoms with Crippen LogP contribution in [0.25, 0.3) is 11.0 Å². The number of anilines is 1. The molecule has 7 nitrogen and oxygen atoms in total. The second-order valence-electron chi connectivity index (χ2n) is 6.81. The first kappa shape index (κ1) is 20.0. The summed E-state index contributed by atoms with van der Waals surface area (Å²) in [6.45, 7) is 4.19. The van der Waals surface area contributed by atoms with Crippen molar-refractivity contribution in [3.05, 3.63) is 29.2 Å². The molecule has 0 aromatic carbocycles. The highest BCUT2D eigenvalue weighted by Gasteiger charge is 2.30. The Morgan fingerprint density at radius 2 is 2.22 bits per heavy atom. The molecular weight excluding hydrogens is 384 g/mol. The highest BCUT2D eigenvalue weighted by atomic mass is 35.5. The molecule has 4 heterocycles. The van der Waals surface area contributed by atoms with E-state index < -0.39 is 0 Å². The van der Waals surface area contributed by atoms with Crippen LogP contribution in [0.5, 0.6) is 0 Å². The summed E-state index contributed by atoms with van der Waals surface area (Å²) in [7, 11) is 0. The van der Waals surface area contributed by atoms with E-state index in [0.717, 1.165) is 65.4 Å². The fraction of sp³-hybridized carbons (Fsp3) is 0.500. The highest BCUT2D eigenvalue weighted by molar-refractivity contribution is 8.04. The standard InChI is InChI=1S/C18H24N6OS.ClH/c1-12-9-20-16-15(12)17(22-11-21-16)23-6-7-26-14(10-23)18(25)24-5-3-2-4-13(24)8-19;/h9-11,13H,2-8,19H2,1H3,(H,20,21,22);1H/t13-;/m0./s1. The van der Waals surface area contributed by atoms with Crippen molar-refractivity contribution >= 4 is 46.9 Å². The van der Waals surface area contributed by atoms with Crippen LogP contribution in [0.2, 0.25) is 0 Å². The first-order valence-electron chi connectivity index (χ1n) is 9.10. The molecule has 1 amide bonds. The van der Waals surface area contributed by atoms with Gasteiger partial charge in [-0.3, -0.25) is 4.79 Å². The molecule has 146 valence electrons. The van der Waals surface area contributed by atoms with Crippen molar-refractivity contribution in [2.24, 2.45) is 5.73 Å². The van der Waals surface area contributed by atoms with Crippen molar-refractivity contribution < 1.29 is 4.79 Å². The number of likely N-dealkylation sites (tertiary alicyclic amines) is 1. The highest BCUT2D eigenvalue weighted by Crippen LogP contribution is 2.32. The van der Waals surface area contributed by atoms with Gasteiger partial charge >= 0.3 is 0 Å². The Labute approximate surface area is 169 Å². The predicted molar refractivity (Wildman–Crippen MR) is 112 cm³/mol. The maximum absolute atomic E-state index is 13.1. The Morgan fingerprint density at radius 3 is 3.04 bits per heavy atom. The lowest BCUT2D eigenvalue weighted by Gasteiger charge is -2.36. The molecule has 2 aromatic rings. The third-order valence-corrected chi connectivity index (χ3v) is 6.13. The van der Waals surface area contributed by atoms with Crippen molar-refractivity contribution in [3.63, 3.8) is 0 Å². The molecule has 2 aliphatic rings. The van der Waals surface area contributed by atoms with Gasteiger partial charge in [0.2, 0.25) is 0 Å². The predicted octanol–water partition coefficient (Wildman–Crippen LogP) is 2.42. The van der Waals surface area contributed by atoms with E-state index in [0.29, 0.717) is 6.54 Å². The van der Waals surface area contributed by atoms with Crippen LogP contribution in [0.3, 0.4) is 0 Å². The lowest BCUT2D eigenvalue weighted by Crippen LogP contribution is -2.48. The number of thioether (sulfide) groups is 1. The molecule has 2 aliphatic heterocycles. The molecule has 2 aromatic heterocycles. The minimum atomic E-state index is 0. The number of nitrogens with two attached hydrogens (primary N) is 1. The van der Waals surface area contributed by atoms with Gasteiger partial charge in [-0.2, -0.15) is 0 Å². The number of aryl methyl sites for hydroxylation is 1. The Hall–Kier alpha value is -1.77. The Kier molecular flexibility index (Phi) is 6.29. The number of fused-ring (bicyclic) bond motifs is 1. The number of aromatic amines is 1. The van der Waals surface area contributed by atoms with E-state index in [9.17, 15) is 4.79 Å². The Balaban J connectivity index is 0.00000210.